The van der Waals surface area contributed by atoms with Crippen molar-refractivity contribution in [2.75, 3.05) is 13.2 Å². The zero-order chi connectivity index (χ0) is 17.4. The fourth-order valence-electron chi connectivity index (χ4n) is 1.95. The largest absolute Gasteiger partial charge is 0.490 e. The van der Waals surface area contributed by atoms with Crippen molar-refractivity contribution in [2.45, 2.75) is 13.0 Å². The molecule has 0 saturated carbocycles. The van der Waals surface area contributed by atoms with Gasteiger partial charge in [0.15, 0.2) is 0 Å². The molecule has 0 aromatic heterocycles. The number of terminal acetylenes is 1. The smallest absolute Gasteiger partial charge is 0.305 e. The third-order valence-electron chi connectivity index (χ3n) is 2.98. The molecule has 0 amide bonds. The first-order chi connectivity index (χ1) is 11.6. The van der Waals surface area contributed by atoms with E-state index in [0.717, 1.165) is 11.1 Å². The molecule has 0 N–H and O–H groups in total. The van der Waals surface area contributed by atoms with Gasteiger partial charge < -0.3 is 4.74 Å². The second-order valence-corrected chi connectivity index (χ2v) is 6.17. The normalized spacial score (nSPS) is 13.0. The summed E-state index contributed by atoms with van der Waals surface area (Å²) in [4.78, 5) is 0. The molecule has 24 heavy (non-hydrogen) atoms. The number of rotatable bonds is 8. The first-order valence-corrected chi connectivity index (χ1v) is 8.61. The van der Waals surface area contributed by atoms with Gasteiger partial charge in [-0.3, -0.25) is 8.37 Å². The molecule has 0 aliphatic heterocycles. The molecule has 2 aromatic carbocycles. The molecule has 0 heterocycles. The Bertz CT molecular complexity index is 728. The highest BCUT2D eigenvalue weighted by atomic mass is 35.5. The molecule has 126 valence electrons. The van der Waals surface area contributed by atoms with Crippen molar-refractivity contribution in [1.82, 2.24) is 0 Å². The quantitative estimate of drug-likeness (QED) is 0.664. The van der Waals surface area contributed by atoms with E-state index in [1.54, 1.807) is 19.1 Å². The SMILES string of the molecule is C#CCOS(=O)OC(C)COc1ccc(Cl)cc1-c1ccccc1. The Labute approximate surface area is 149 Å². The molecule has 0 radical (unpaired) electrons. The lowest BCUT2D eigenvalue weighted by atomic mass is 10.0. The summed E-state index contributed by atoms with van der Waals surface area (Å²) in [6, 6.07) is 15.2. The van der Waals surface area contributed by atoms with Crippen molar-refractivity contribution in [2.24, 2.45) is 0 Å². The molecule has 0 aliphatic rings. The summed E-state index contributed by atoms with van der Waals surface area (Å²) in [6.07, 6.45) is 4.58. The lowest BCUT2D eigenvalue weighted by Crippen LogP contribution is -2.20. The van der Waals surface area contributed by atoms with Crippen LogP contribution < -0.4 is 4.74 Å². The Balaban J connectivity index is 2.03. The molecule has 0 bridgehead atoms. The highest BCUT2D eigenvalue weighted by Gasteiger charge is 2.12. The van der Waals surface area contributed by atoms with E-state index in [1.807, 2.05) is 36.4 Å². The van der Waals surface area contributed by atoms with E-state index in [-0.39, 0.29) is 13.2 Å². The minimum absolute atomic E-state index is 0.0739. The van der Waals surface area contributed by atoms with Crippen LogP contribution in [0.25, 0.3) is 11.1 Å². The van der Waals surface area contributed by atoms with E-state index in [2.05, 4.69) is 5.92 Å². The average molecular weight is 365 g/mol. The van der Waals surface area contributed by atoms with Crippen LogP contribution in [0.1, 0.15) is 6.92 Å². The molecule has 0 spiro atoms. The van der Waals surface area contributed by atoms with Gasteiger partial charge in [-0.05, 0) is 30.7 Å². The third kappa shape index (κ3) is 5.66. The second kappa shape index (κ2) is 9.45. The molecule has 0 saturated heterocycles. The highest BCUT2D eigenvalue weighted by molar-refractivity contribution is 7.75. The Kier molecular flexibility index (Phi) is 7.29. The molecule has 2 aromatic rings. The molecule has 4 nitrogen and oxygen atoms in total. The molecular weight excluding hydrogens is 348 g/mol. The van der Waals surface area contributed by atoms with Gasteiger partial charge in [0, 0.05) is 10.6 Å². The van der Waals surface area contributed by atoms with Crippen molar-refractivity contribution >= 4 is 23.0 Å². The Morgan fingerprint density at radius 2 is 2.00 bits per heavy atom. The highest BCUT2D eigenvalue weighted by Crippen LogP contribution is 2.32. The second-order valence-electron chi connectivity index (χ2n) is 4.89. The van der Waals surface area contributed by atoms with Gasteiger partial charge in [-0.2, -0.15) is 4.21 Å². The van der Waals surface area contributed by atoms with Crippen molar-refractivity contribution in [3.63, 3.8) is 0 Å². The number of ether oxygens (including phenoxy) is 1. The van der Waals surface area contributed by atoms with Crippen LogP contribution in [0.3, 0.4) is 0 Å². The summed E-state index contributed by atoms with van der Waals surface area (Å²) in [5.41, 5.74) is 1.87. The number of hydrogen-bond acceptors (Lipinski definition) is 4. The maximum absolute atomic E-state index is 11.5. The van der Waals surface area contributed by atoms with Gasteiger partial charge in [-0.15, -0.1) is 6.42 Å². The van der Waals surface area contributed by atoms with Crippen molar-refractivity contribution in [3.05, 3.63) is 53.6 Å². The summed E-state index contributed by atoms with van der Waals surface area (Å²) in [5.74, 6) is 2.88. The summed E-state index contributed by atoms with van der Waals surface area (Å²) in [5, 5.41) is 0.620. The van der Waals surface area contributed by atoms with Crippen LogP contribution in [-0.2, 0) is 19.7 Å². The minimum Gasteiger partial charge on any atom is -0.490 e. The standard InChI is InChI=1S/C18H17ClO4S/c1-3-11-22-24(20)23-14(2)13-21-18-10-9-16(19)12-17(18)15-7-5-4-6-8-15/h1,4-10,12,14H,11,13H2,2H3. The van der Waals surface area contributed by atoms with Crippen LogP contribution in [-0.4, -0.2) is 23.5 Å². The average Bonchev–Trinajstić information content (AvgIpc) is 2.59. The van der Waals surface area contributed by atoms with Crippen LogP contribution in [0.5, 0.6) is 5.75 Å². The lowest BCUT2D eigenvalue weighted by Gasteiger charge is -2.15. The molecule has 2 atom stereocenters. The minimum atomic E-state index is -1.90. The first-order valence-electron chi connectivity index (χ1n) is 7.23. The predicted molar refractivity (Wildman–Crippen MR) is 95.9 cm³/mol. The summed E-state index contributed by atoms with van der Waals surface area (Å²) in [6.45, 7) is 1.86. The van der Waals surface area contributed by atoms with Crippen molar-refractivity contribution in [3.8, 4) is 29.2 Å². The van der Waals surface area contributed by atoms with Crippen LogP contribution in [0.4, 0.5) is 0 Å². The van der Waals surface area contributed by atoms with E-state index < -0.39 is 17.5 Å². The fraction of sp³-hybridized carbons (Fsp3) is 0.222. The predicted octanol–water partition coefficient (Wildman–Crippen LogP) is 4.02. The van der Waals surface area contributed by atoms with E-state index >= 15 is 0 Å². The Morgan fingerprint density at radius 1 is 1.25 bits per heavy atom. The monoisotopic (exact) mass is 364 g/mol. The summed E-state index contributed by atoms with van der Waals surface area (Å²) in [7, 11) is 0. The molecule has 0 aliphatic carbocycles. The topological polar surface area (TPSA) is 44.8 Å². The number of benzene rings is 2. The maximum atomic E-state index is 11.5. The Morgan fingerprint density at radius 3 is 2.71 bits per heavy atom. The summed E-state index contributed by atoms with van der Waals surface area (Å²) < 4.78 is 27.2. The molecule has 2 rings (SSSR count). The molecule has 6 heteroatoms. The van der Waals surface area contributed by atoms with Crippen molar-refractivity contribution in [1.29, 1.82) is 0 Å². The van der Waals surface area contributed by atoms with Crippen LogP contribution in [0.15, 0.2) is 48.5 Å². The van der Waals surface area contributed by atoms with E-state index in [4.69, 9.17) is 31.1 Å². The van der Waals surface area contributed by atoms with E-state index in [9.17, 15) is 4.21 Å². The van der Waals surface area contributed by atoms with E-state index in [1.165, 1.54) is 0 Å². The fourth-order valence-corrected chi connectivity index (χ4v) is 2.67. The van der Waals surface area contributed by atoms with Gasteiger partial charge in [0.2, 0.25) is 0 Å². The third-order valence-corrected chi connectivity index (χ3v) is 4.01. The van der Waals surface area contributed by atoms with Gasteiger partial charge in [0.25, 0.3) is 0 Å². The van der Waals surface area contributed by atoms with E-state index in [0.29, 0.717) is 10.8 Å². The zero-order valence-corrected chi connectivity index (χ0v) is 14.7. The molecule has 2 unspecified atom stereocenters. The summed E-state index contributed by atoms with van der Waals surface area (Å²) >= 11 is 4.20. The number of hydrogen-bond donors (Lipinski definition) is 0. The zero-order valence-electron chi connectivity index (χ0n) is 13.1. The van der Waals surface area contributed by atoms with Gasteiger partial charge in [-0.25, -0.2) is 0 Å². The molecule has 0 fully saturated rings. The Hall–Kier alpha value is -1.84. The van der Waals surface area contributed by atoms with Crippen molar-refractivity contribution < 1.29 is 17.3 Å². The van der Waals surface area contributed by atoms with Crippen LogP contribution >= 0.6 is 11.6 Å². The lowest BCUT2D eigenvalue weighted by molar-refractivity contribution is 0.139. The van der Waals surface area contributed by atoms with Gasteiger partial charge in [-0.1, -0.05) is 47.9 Å². The van der Waals surface area contributed by atoms with Crippen LogP contribution in [0.2, 0.25) is 5.02 Å². The first kappa shape index (κ1) is 18.5. The van der Waals surface area contributed by atoms with Crippen LogP contribution in [0, 0.1) is 12.3 Å². The molecular formula is C18H17ClO4S. The van der Waals surface area contributed by atoms with Gasteiger partial charge >= 0.3 is 11.4 Å². The number of halogens is 1. The maximum Gasteiger partial charge on any atom is 0.305 e. The van der Waals surface area contributed by atoms with Gasteiger partial charge in [0.1, 0.15) is 25.1 Å². The van der Waals surface area contributed by atoms with Gasteiger partial charge in [0.05, 0.1) is 0 Å².